The molecule has 1 aliphatic rings. The molecule has 1 aromatic carbocycles. The Morgan fingerprint density at radius 2 is 2.00 bits per heavy atom. The van der Waals surface area contributed by atoms with Crippen molar-refractivity contribution in [3.63, 3.8) is 0 Å². The molecule has 140 valence electrons. The fourth-order valence-corrected chi connectivity index (χ4v) is 3.82. The maximum absolute atomic E-state index is 12.3. The van der Waals surface area contributed by atoms with Gasteiger partial charge in [0.15, 0.2) is 5.82 Å². The van der Waals surface area contributed by atoms with Gasteiger partial charge in [0.1, 0.15) is 0 Å². The van der Waals surface area contributed by atoms with Gasteiger partial charge in [-0.1, -0.05) is 12.1 Å². The molecule has 1 fully saturated rings. The van der Waals surface area contributed by atoms with Crippen LogP contribution in [-0.2, 0) is 14.8 Å². The number of rotatable bonds is 7. The van der Waals surface area contributed by atoms with Crippen molar-refractivity contribution in [3.8, 4) is 0 Å². The van der Waals surface area contributed by atoms with Gasteiger partial charge >= 0.3 is 0 Å². The van der Waals surface area contributed by atoms with E-state index in [4.69, 9.17) is 4.74 Å². The first-order valence-corrected chi connectivity index (χ1v) is 9.98. The van der Waals surface area contributed by atoms with Gasteiger partial charge in [-0.15, -0.1) is 5.10 Å². The zero-order valence-electron chi connectivity index (χ0n) is 14.7. The topological polar surface area (TPSA) is 96.5 Å². The molecule has 1 aliphatic heterocycles. The van der Waals surface area contributed by atoms with Crippen molar-refractivity contribution in [3.05, 3.63) is 42.1 Å². The number of sulfonamides is 1. The fraction of sp³-hybridized carbons (Fsp3) is 0.412. The Labute approximate surface area is 153 Å². The first-order chi connectivity index (χ1) is 12.5. The van der Waals surface area contributed by atoms with Gasteiger partial charge in [-0.3, -0.25) is 0 Å². The smallest absolute Gasteiger partial charge is 0.240 e. The average Bonchev–Trinajstić information content (AvgIpc) is 2.66. The summed E-state index contributed by atoms with van der Waals surface area (Å²) in [5.74, 6) is 0.615. The zero-order valence-corrected chi connectivity index (χ0v) is 15.5. The number of anilines is 2. The summed E-state index contributed by atoms with van der Waals surface area (Å²) in [6.45, 7) is 5.56. The molecule has 0 atom stereocenters. The minimum Gasteiger partial charge on any atom is -0.378 e. The highest BCUT2D eigenvalue weighted by Crippen LogP contribution is 2.17. The molecule has 26 heavy (non-hydrogen) atoms. The van der Waals surface area contributed by atoms with Gasteiger partial charge in [-0.2, -0.15) is 5.10 Å². The van der Waals surface area contributed by atoms with Gasteiger partial charge in [0, 0.05) is 32.2 Å². The van der Waals surface area contributed by atoms with Crippen LogP contribution >= 0.6 is 0 Å². The number of benzene rings is 1. The van der Waals surface area contributed by atoms with E-state index in [-0.39, 0.29) is 11.4 Å². The average molecular weight is 377 g/mol. The lowest BCUT2D eigenvalue weighted by molar-refractivity contribution is 0.122. The minimum absolute atomic E-state index is 0.250. The van der Waals surface area contributed by atoms with Crippen molar-refractivity contribution in [1.29, 1.82) is 0 Å². The molecule has 2 aromatic rings. The number of aryl methyl sites for hydroxylation is 1. The lowest BCUT2D eigenvalue weighted by atomic mass is 10.2. The third-order valence-electron chi connectivity index (χ3n) is 4.04. The molecule has 2 N–H and O–H groups in total. The van der Waals surface area contributed by atoms with Gasteiger partial charge in [0.25, 0.3) is 0 Å². The first-order valence-electron chi connectivity index (χ1n) is 8.50. The molecule has 0 amide bonds. The monoisotopic (exact) mass is 377 g/mol. The van der Waals surface area contributed by atoms with E-state index in [9.17, 15) is 8.42 Å². The van der Waals surface area contributed by atoms with Crippen LogP contribution in [0.4, 0.5) is 11.5 Å². The summed E-state index contributed by atoms with van der Waals surface area (Å²) in [7, 11) is -3.51. The highest BCUT2D eigenvalue weighted by molar-refractivity contribution is 7.89. The summed E-state index contributed by atoms with van der Waals surface area (Å²) >= 11 is 0. The summed E-state index contributed by atoms with van der Waals surface area (Å²) in [5, 5.41) is 11.2. The van der Waals surface area contributed by atoms with Crippen LogP contribution in [0.3, 0.4) is 0 Å². The number of nitrogens with zero attached hydrogens (tertiary/aromatic N) is 3. The molecule has 2 heterocycles. The van der Waals surface area contributed by atoms with E-state index in [2.05, 4.69) is 25.1 Å². The quantitative estimate of drug-likeness (QED) is 0.695. The van der Waals surface area contributed by atoms with Crippen LogP contribution in [0.25, 0.3) is 0 Å². The predicted molar refractivity (Wildman–Crippen MR) is 99.9 cm³/mol. The van der Waals surface area contributed by atoms with Crippen LogP contribution in [0.1, 0.15) is 5.56 Å². The van der Waals surface area contributed by atoms with Crippen molar-refractivity contribution in [2.24, 2.45) is 0 Å². The molecular weight excluding hydrogens is 354 g/mol. The van der Waals surface area contributed by atoms with Gasteiger partial charge in [-0.05, 0) is 24.6 Å². The number of nitrogens with one attached hydrogen (secondary N) is 2. The Morgan fingerprint density at radius 1 is 1.19 bits per heavy atom. The molecule has 1 aromatic heterocycles. The molecule has 0 saturated carbocycles. The van der Waals surface area contributed by atoms with E-state index >= 15 is 0 Å². The van der Waals surface area contributed by atoms with Crippen molar-refractivity contribution < 1.29 is 13.2 Å². The van der Waals surface area contributed by atoms with Gasteiger partial charge in [0.05, 0.1) is 30.0 Å². The number of hydrogen-bond acceptors (Lipinski definition) is 7. The summed E-state index contributed by atoms with van der Waals surface area (Å²) in [6, 6.07) is 8.73. The van der Waals surface area contributed by atoms with E-state index in [1.807, 2.05) is 19.1 Å². The normalized spacial score (nSPS) is 15.0. The lowest BCUT2D eigenvalue weighted by Crippen LogP contribution is -2.36. The summed E-state index contributed by atoms with van der Waals surface area (Å²) in [4.78, 5) is 2.45. The van der Waals surface area contributed by atoms with E-state index < -0.39 is 10.0 Å². The molecule has 8 nitrogen and oxygen atoms in total. The molecule has 0 spiro atoms. The minimum atomic E-state index is -3.51. The molecular formula is C17H23N5O3S. The third kappa shape index (κ3) is 4.90. The predicted octanol–water partition coefficient (Wildman–Crippen LogP) is 1.01. The highest BCUT2D eigenvalue weighted by atomic mass is 32.2. The Hall–Kier alpha value is -2.23. The summed E-state index contributed by atoms with van der Waals surface area (Å²) < 4.78 is 32.5. The molecule has 0 unspecified atom stereocenters. The maximum Gasteiger partial charge on any atom is 0.240 e. The van der Waals surface area contributed by atoms with Crippen LogP contribution in [0, 0.1) is 6.92 Å². The molecule has 0 aliphatic carbocycles. The molecule has 0 radical (unpaired) electrons. The Balaban J connectivity index is 1.52. The Morgan fingerprint density at radius 3 is 2.77 bits per heavy atom. The first kappa shape index (κ1) is 18.6. The number of ether oxygens (including phenoxy) is 1. The van der Waals surface area contributed by atoms with E-state index in [1.54, 1.807) is 24.4 Å². The third-order valence-corrected chi connectivity index (χ3v) is 5.50. The van der Waals surface area contributed by atoms with Crippen molar-refractivity contribution in [1.82, 2.24) is 14.9 Å². The lowest BCUT2D eigenvalue weighted by Gasteiger charge is -2.28. The molecule has 1 saturated heterocycles. The summed E-state index contributed by atoms with van der Waals surface area (Å²) in [6.07, 6.45) is 1.72. The van der Waals surface area contributed by atoms with E-state index in [0.717, 1.165) is 24.3 Å². The van der Waals surface area contributed by atoms with Crippen LogP contribution in [0.5, 0.6) is 0 Å². The SMILES string of the molecule is Cc1cccc(S(=O)(=O)NCCNc2cc(N3CCOCC3)cnn2)c1. The number of aromatic nitrogens is 2. The largest absolute Gasteiger partial charge is 0.378 e. The Bertz CT molecular complexity index is 838. The Kier molecular flexibility index (Phi) is 6.02. The van der Waals surface area contributed by atoms with Crippen molar-refractivity contribution in [2.75, 3.05) is 49.6 Å². The van der Waals surface area contributed by atoms with Gasteiger partial charge in [0.2, 0.25) is 10.0 Å². The molecule has 3 rings (SSSR count). The van der Waals surface area contributed by atoms with Crippen LogP contribution in [0.2, 0.25) is 0 Å². The van der Waals surface area contributed by atoms with Crippen molar-refractivity contribution >= 4 is 21.5 Å². The second-order valence-electron chi connectivity index (χ2n) is 6.04. The summed E-state index contributed by atoms with van der Waals surface area (Å²) in [5.41, 5.74) is 1.88. The second-order valence-corrected chi connectivity index (χ2v) is 7.81. The van der Waals surface area contributed by atoms with Gasteiger partial charge in [-0.25, -0.2) is 13.1 Å². The van der Waals surface area contributed by atoms with Crippen LogP contribution < -0.4 is 14.9 Å². The number of morpholine rings is 1. The standard InChI is InChI=1S/C17H23N5O3S/c1-14-3-2-4-16(11-14)26(23,24)20-6-5-18-17-12-15(13-19-21-17)22-7-9-25-10-8-22/h2-4,11-13,20H,5-10H2,1H3,(H,18,21). The van der Waals surface area contributed by atoms with Crippen molar-refractivity contribution in [2.45, 2.75) is 11.8 Å². The van der Waals surface area contributed by atoms with Gasteiger partial charge < -0.3 is 15.0 Å². The fourth-order valence-electron chi connectivity index (χ4n) is 2.68. The van der Waals surface area contributed by atoms with E-state index in [0.29, 0.717) is 25.6 Å². The van der Waals surface area contributed by atoms with Crippen LogP contribution in [-0.4, -0.2) is 58.0 Å². The molecule has 9 heteroatoms. The molecule has 0 bridgehead atoms. The number of hydrogen-bond donors (Lipinski definition) is 2. The van der Waals surface area contributed by atoms with E-state index in [1.165, 1.54) is 0 Å². The zero-order chi connectivity index (χ0) is 18.4. The highest BCUT2D eigenvalue weighted by Gasteiger charge is 2.14. The maximum atomic E-state index is 12.3. The second kappa shape index (κ2) is 8.43. The van der Waals surface area contributed by atoms with Crippen LogP contribution in [0.15, 0.2) is 41.4 Å².